The van der Waals surface area contributed by atoms with Crippen LogP contribution in [0.1, 0.15) is 19.4 Å². The summed E-state index contributed by atoms with van der Waals surface area (Å²) in [5.74, 6) is 0.0872. The second-order valence-corrected chi connectivity index (χ2v) is 6.81. The predicted molar refractivity (Wildman–Crippen MR) is 94.8 cm³/mol. The van der Waals surface area contributed by atoms with Crippen molar-refractivity contribution in [2.75, 3.05) is 11.9 Å². The summed E-state index contributed by atoms with van der Waals surface area (Å²) >= 11 is 3.35. The van der Waals surface area contributed by atoms with Gasteiger partial charge in [-0.15, -0.1) is 0 Å². The number of rotatable bonds is 5. The molecule has 24 heavy (non-hydrogen) atoms. The number of nitrogens with one attached hydrogen (secondary N) is 2. The van der Waals surface area contributed by atoms with Gasteiger partial charge in [0.05, 0.1) is 10.0 Å². The number of urea groups is 1. The molecule has 0 radical (unpaired) electrons. The second-order valence-electron chi connectivity index (χ2n) is 5.95. The Hall–Kier alpha value is -2.15. The lowest BCUT2D eigenvalue weighted by atomic mass is 10.1. The predicted octanol–water partition coefficient (Wildman–Crippen LogP) is 4.27. The van der Waals surface area contributed by atoms with E-state index in [9.17, 15) is 9.18 Å². The molecular formula is C17H19BrFN3O2. The first-order chi connectivity index (χ1) is 11.3. The summed E-state index contributed by atoms with van der Waals surface area (Å²) in [5.41, 5.74) is 0.165. The Morgan fingerprint density at radius 2 is 2.08 bits per heavy atom. The number of ether oxygens (including phenoxy) is 1. The zero-order chi connectivity index (χ0) is 17.7. The molecule has 128 valence electrons. The van der Waals surface area contributed by atoms with E-state index >= 15 is 0 Å². The first kappa shape index (κ1) is 18.2. The van der Waals surface area contributed by atoms with E-state index in [4.69, 9.17) is 4.74 Å². The zero-order valence-corrected chi connectivity index (χ0v) is 15.3. The Balaban J connectivity index is 1.94. The first-order valence-corrected chi connectivity index (χ1v) is 8.15. The van der Waals surface area contributed by atoms with Crippen LogP contribution in [0.15, 0.2) is 41.0 Å². The van der Waals surface area contributed by atoms with Crippen LogP contribution in [0.25, 0.3) is 0 Å². The van der Waals surface area contributed by atoms with Crippen molar-refractivity contribution < 1.29 is 13.9 Å². The summed E-state index contributed by atoms with van der Waals surface area (Å²) in [5, 5.41) is 5.45. The van der Waals surface area contributed by atoms with Gasteiger partial charge in [-0.3, -0.25) is 0 Å². The maximum atomic E-state index is 13.5. The van der Waals surface area contributed by atoms with Crippen LogP contribution in [0.2, 0.25) is 0 Å². The molecule has 0 bridgehead atoms. The van der Waals surface area contributed by atoms with Crippen molar-refractivity contribution in [3.05, 3.63) is 52.4 Å². The summed E-state index contributed by atoms with van der Waals surface area (Å²) in [6.45, 7) is 5.47. The molecule has 0 aliphatic carbocycles. The maximum absolute atomic E-state index is 13.5. The van der Waals surface area contributed by atoms with Crippen molar-refractivity contribution in [3.63, 3.8) is 0 Å². The van der Waals surface area contributed by atoms with Crippen LogP contribution < -0.4 is 15.4 Å². The van der Waals surface area contributed by atoms with Crippen LogP contribution in [-0.4, -0.2) is 23.2 Å². The molecular weight excluding hydrogens is 377 g/mol. The summed E-state index contributed by atoms with van der Waals surface area (Å²) in [7, 11) is 0. The monoisotopic (exact) mass is 395 g/mol. The Morgan fingerprint density at radius 1 is 1.33 bits per heavy atom. The molecule has 0 aliphatic rings. The molecule has 0 saturated carbocycles. The molecule has 0 atom stereocenters. The number of pyridine rings is 1. The van der Waals surface area contributed by atoms with Gasteiger partial charge in [-0.2, -0.15) is 0 Å². The minimum Gasteiger partial charge on any atom is -0.474 e. The lowest BCUT2D eigenvalue weighted by molar-refractivity contribution is 0.197. The number of halogens is 2. The van der Waals surface area contributed by atoms with Crippen molar-refractivity contribution in [2.24, 2.45) is 0 Å². The highest BCUT2D eigenvalue weighted by Gasteiger charge is 2.22. The molecule has 2 aromatic rings. The molecule has 5 nitrogen and oxygen atoms in total. The largest absolute Gasteiger partial charge is 0.474 e. The normalized spacial score (nSPS) is 11.0. The van der Waals surface area contributed by atoms with Crippen molar-refractivity contribution in [1.82, 2.24) is 10.3 Å². The van der Waals surface area contributed by atoms with Gasteiger partial charge < -0.3 is 15.4 Å². The fourth-order valence-corrected chi connectivity index (χ4v) is 2.34. The highest BCUT2D eigenvalue weighted by atomic mass is 79.9. The minimum atomic E-state index is -0.651. The van der Waals surface area contributed by atoms with Crippen molar-refractivity contribution in [2.45, 2.75) is 26.3 Å². The average molecular weight is 396 g/mol. The van der Waals surface area contributed by atoms with Crippen LogP contribution in [0.5, 0.6) is 5.88 Å². The summed E-state index contributed by atoms with van der Waals surface area (Å²) in [4.78, 5) is 16.3. The lowest BCUT2D eigenvalue weighted by Gasteiger charge is -2.26. The molecule has 2 amide bonds. The third-order valence-corrected chi connectivity index (χ3v) is 3.87. The number of hydrogen-bond acceptors (Lipinski definition) is 3. The van der Waals surface area contributed by atoms with Gasteiger partial charge in [0, 0.05) is 17.4 Å². The van der Waals surface area contributed by atoms with Crippen molar-refractivity contribution >= 4 is 27.6 Å². The number of nitrogens with zero attached hydrogens (tertiary/aromatic N) is 1. The minimum absolute atomic E-state index is 0.220. The highest BCUT2D eigenvalue weighted by Crippen LogP contribution is 2.22. The van der Waals surface area contributed by atoms with Gasteiger partial charge in [-0.1, -0.05) is 6.07 Å². The third kappa shape index (κ3) is 4.92. The molecule has 0 saturated heterocycles. The van der Waals surface area contributed by atoms with E-state index in [0.717, 1.165) is 4.47 Å². The van der Waals surface area contributed by atoms with E-state index < -0.39 is 11.6 Å². The number of carbonyl (C=O) groups excluding carboxylic acids is 1. The fourth-order valence-electron chi connectivity index (χ4n) is 1.97. The first-order valence-electron chi connectivity index (χ1n) is 7.36. The Kier molecular flexibility index (Phi) is 5.77. The van der Waals surface area contributed by atoms with Crippen LogP contribution in [0.4, 0.5) is 14.9 Å². The Morgan fingerprint density at radius 3 is 2.79 bits per heavy atom. The number of amides is 2. The molecule has 0 unspecified atom stereocenters. The topological polar surface area (TPSA) is 63.2 Å². The lowest BCUT2D eigenvalue weighted by Crippen LogP contribution is -2.49. The van der Waals surface area contributed by atoms with Gasteiger partial charge in [0.1, 0.15) is 12.4 Å². The van der Waals surface area contributed by atoms with Crippen LogP contribution >= 0.6 is 15.9 Å². The van der Waals surface area contributed by atoms with Gasteiger partial charge >= 0.3 is 6.03 Å². The van der Waals surface area contributed by atoms with E-state index in [0.29, 0.717) is 17.1 Å². The number of hydrogen-bond donors (Lipinski definition) is 2. The molecule has 0 aliphatic heterocycles. The van der Waals surface area contributed by atoms with Gasteiger partial charge in [0.2, 0.25) is 5.88 Å². The molecule has 1 heterocycles. The third-order valence-electron chi connectivity index (χ3n) is 3.26. The number of benzene rings is 1. The molecule has 7 heteroatoms. The molecule has 1 aromatic carbocycles. The quantitative estimate of drug-likeness (QED) is 0.794. The van der Waals surface area contributed by atoms with Crippen molar-refractivity contribution in [1.29, 1.82) is 0 Å². The zero-order valence-electron chi connectivity index (χ0n) is 13.7. The molecule has 0 spiro atoms. The smallest absolute Gasteiger partial charge is 0.319 e. The molecule has 2 rings (SSSR count). The van der Waals surface area contributed by atoms with Gasteiger partial charge in [0.15, 0.2) is 0 Å². The van der Waals surface area contributed by atoms with E-state index in [1.807, 2.05) is 19.9 Å². The summed E-state index contributed by atoms with van der Waals surface area (Å²) < 4.78 is 19.9. The van der Waals surface area contributed by atoms with Crippen molar-refractivity contribution in [3.8, 4) is 5.88 Å². The maximum Gasteiger partial charge on any atom is 0.319 e. The van der Waals surface area contributed by atoms with E-state index in [1.165, 1.54) is 6.07 Å². The standard InChI is InChI=1S/C17H19BrFN3O2/c1-11-13(19)7-4-8-14(11)21-16(23)22-17(2,3)10-24-15-12(18)6-5-9-20-15/h4-9H,10H2,1-3H3,(H2,21,22,23). The molecule has 1 aromatic heterocycles. The van der Waals surface area contributed by atoms with E-state index in [1.54, 1.807) is 31.3 Å². The van der Waals surface area contributed by atoms with Crippen LogP contribution in [-0.2, 0) is 0 Å². The number of aromatic nitrogens is 1. The molecule has 2 N–H and O–H groups in total. The van der Waals surface area contributed by atoms with Gasteiger partial charge in [0.25, 0.3) is 0 Å². The molecule has 0 fully saturated rings. The Bertz CT molecular complexity index is 738. The van der Waals surface area contributed by atoms with Crippen LogP contribution in [0, 0.1) is 12.7 Å². The SMILES string of the molecule is Cc1c(F)cccc1NC(=O)NC(C)(C)COc1ncccc1Br. The Labute approximate surface area is 148 Å². The highest BCUT2D eigenvalue weighted by molar-refractivity contribution is 9.10. The van der Waals surface area contributed by atoms with Gasteiger partial charge in [-0.25, -0.2) is 14.2 Å². The van der Waals surface area contributed by atoms with E-state index in [2.05, 4.69) is 31.5 Å². The average Bonchev–Trinajstić information content (AvgIpc) is 2.50. The van der Waals surface area contributed by atoms with Crippen LogP contribution in [0.3, 0.4) is 0 Å². The second kappa shape index (κ2) is 7.61. The number of anilines is 1. The fraction of sp³-hybridized carbons (Fsp3) is 0.294. The summed E-state index contributed by atoms with van der Waals surface area (Å²) in [6, 6.07) is 7.72. The summed E-state index contributed by atoms with van der Waals surface area (Å²) in [6.07, 6.45) is 1.62. The van der Waals surface area contributed by atoms with Gasteiger partial charge in [-0.05, 0) is 61.0 Å². The van der Waals surface area contributed by atoms with E-state index in [-0.39, 0.29) is 12.4 Å². The number of carbonyl (C=O) groups is 1.